The molecule has 3 rings (SSSR count). The van der Waals surface area contributed by atoms with E-state index in [1.165, 1.54) is 11.0 Å². The van der Waals surface area contributed by atoms with E-state index in [0.29, 0.717) is 12.2 Å². The van der Waals surface area contributed by atoms with Gasteiger partial charge in [0.05, 0.1) is 5.69 Å². The number of anilines is 1. The van der Waals surface area contributed by atoms with Crippen LogP contribution in [0, 0.1) is 17.2 Å². The van der Waals surface area contributed by atoms with E-state index in [-0.39, 0.29) is 34.1 Å². The number of hydrazine groups is 1. The molecule has 2 saturated heterocycles. The second-order valence-electron chi connectivity index (χ2n) is 7.14. The monoisotopic (exact) mass is 348 g/mol. The molecular formula is C17H21FN4OS. The summed E-state index contributed by atoms with van der Waals surface area (Å²) in [4.78, 5) is 13.9. The molecule has 2 heterocycles. The number of para-hydroxylation sites is 1. The van der Waals surface area contributed by atoms with Gasteiger partial charge in [0.2, 0.25) is 0 Å². The highest BCUT2D eigenvalue weighted by atomic mass is 32.1. The molecule has 0 bridgehead atoms. The summed E-state index contributed by atoms with van der Waals surface area (Å²) < 4.78 is 14.0. The van der Waals surface area contributed by atoms with Gasteiger partial charge in [0.25, 0.3) is 5.91 Å². The van der Waals surface area contributed by atoms with Crippen molar-refractivity contribution in [3.63, 3.8) is 0 Å². The smallest absolute Gasteiger partial charge is 0.280 e. The van der Waals surface area contributed by atoms with E-state index in [2.05, 4.69) is 36.9 Å². The van der Waals surface area contributed by atoms with Crippen molar-refractivity contribution < 1.29 is 9.18 Å². The van der Waals surface area contributed by atoms with Crippen LogP contribution in [0.4, 0.5) is 10.1 Å². The average molecular weight is 348 g/mol. The lowest BCUT2D eigenvalue weighted by atomic mass is 9.80. The molecule has 3 N–H and O–H groups in total. The first-order valence-corrected chi connectivity index (χ1v) is 8.30. The van der Waals surface area contributed by atoms with Crippen molar-refractivity contribution in [2.75, 3.05) is 11.4 Å². The molecule has 2 aliphatic heterocycles. The van der Waals surface area contributed by atoms with Crippen LogP contribution in [0.3, 0.4) is 0 Å². The first-order chi connectivity index (χ1) is 11.3. The van der Waals surface area contributed by atoms with Gasteiger partial charge >= 0.3 is 0 Å². The quantitative estimate of drug-likeness (QED) is 0.564. The van der Waals surface area contributed by atoms with Crippen molar-refractivity contribution in [1.29, 1.82) is 0 Å². The highest BCUT2D eigenvalue weighted by Gasteiger charge is 2.38. The van der Waals surface area contributed by atoms with Gasteiger partial charge in [-0.3, -0.25) is 15.6 Å². The molecule has 2 fully saturated rings. The summed E-state index contributed by atoms with van der Waals surface area (Å²) in [5, 5.41) is 3.12. The second-order valence-corrected chi connectivity index (χ2v) is 7.52. The van der Waals surface area contributed by atoms with E-state index in [1.807, 2.05) is 6.08 Å². The Hall–Kier alpha value is -1.83. The number of nitrogens with one attached hydrogen (secondary N) is 3. The van der Waals surface area contributed by atoms with Crippen LogP contribution in [0.15, 0.2) is 36.0 Å². The van der Waals surface area contributed by atoms with Crippen molar-refractivity contribution in [3.8, 4) is 0 Å². The third-order valence-corrected chi connectivity index (χ3v) is 4.59. The molecule has 0 aliphatic carbocycles. The van der Waals surface area contributed by atoms with Crippen molar-refractivity contribution in [3.05, 3.63) is 41.9 Å². The molecule has 2 unspecified atom stereocenters. The van der Waals surface area contributed by atoms with E-state index in [0.717, 1.165) is 0 Å². The molecule has 2 aliphatic rings. The van der Waals surface area contributed by atoms with Gasteiger partial charge in [0.15, 0.2) is 5.11 Å². The SMILES string of the molecule is CC(C)(C)C1NNCC1/C=C1/NC(=S)N(c2ccccc2F)C1=O. The minimum Gasteiger partial charge on any atom is -0.328 e. The van der Waals surface area contributed by atoms with Crippen molar-refractivity contribution >= 4 is 28.9 Å². The maximum Gasteiger partial charge on any atom is 0.280 e. The third-order valence-electron chi connectivity index (χ3n) is 4.31. The fourth-order valence-corrected chi connectivity index (χ4v) is 3.43. The molecule has 5 nitrogen and oxygen atoms in total. The largest absolute Gasteiger partial charge is 0.328 e. The number of nitrogens with zero attached hydrogens (tertiary/aromatic N) is 1. The van der Waals surface area contributed by atoms with Gasteiger partial charge in [-0.2, -0.15) is 0 Å². The highest BCUT2D eigenvalue weighted by molar-refractivity contribution is 7.80. The van der Waals surface area contributed by atoms with E-state index in [4.69, 9.17) is 12.2 Å². The minimum absolute atomic E-state index is 0.0264. The number of amides is 1. The van der Waals surface area contributed by atoms with Crippen LogP contribution in [0.25, 0.3) is 0 Å². The van der Waals surface area contributed by atoms with E-state index < -0.39 is 5.82 Å². The molecular weight excluding hydrogens is 327 g/mol. The summed E-state index contributed by atoms with van der Waals surface area (Å²) in [6.07, 6.45) is 1.89. The number of halogens is 1. The Morgan fingerprint density at radius 2 is 2.04 bits per heavy atom. The predicted molar refractivity (Wildman–Crippen MR) is 95.6 cm³/mol. The van der Waals surface area contributed by atoms with Crippen molar-refractivity contribution in [1.82, 2.24) is 16.2 Å². The lowest BCUT2D eigenvalue weighted by molar-refractivity contribution is -0.113. The lowest BCUT2D eigenvalue weighted by Crippen LogP contribution is -2.41. The second kappa shape index (κ2) is 6.23. The average Bonchev–Trinajstić information content (AvgIpc) is 3.06. The standard InChI is InChI=1S/C17H21FN4OS/c1-17(2,3)14-10(9-19-21-14)8-12-15(23)22(16(24)20-12)13-7-5-4-6-11(13)18/h4-8,10,14,19,21H,9H2,1-3H3,(H,20,24)/b12-8+. The fraction of sp³-hybridized carbons (Fsp3) is 0.412. The topological polar surface area (TPSA) is 56.4 Å². The van der Waals surface area contributed by atoms with Gasteiger partial charge in [0.1, 0.15) is 11.5 Å². The fourth-order valence-electron chi connectivity index (χ4n) is 3.14. The highest BCUT2D eigenvalue weighted by Crippen LogP contribution is 2.30. The zero-order chi connectivity index (χ0) is 17.5. The van der Waals surface area contributed by atoms with Gasteiger partial charge in [-0.1, -0.05) is 32.9 Å². The zero-order valence-corrected chi connectivity index (χ0v) is 14.7. The predicted octanol–water partition coefficient (Wildman–Crippen LogP) is 2.07. The first kappa shape index (κ1) is 17.0. The number of carbonyl (C=O) groups excluding carboxylic acids is 1. The Kier molecular flexibility index (Phi) is 4.42. The molecule has 1 aromatic carbocycles. The molecule has 0 spiro atoms. The molecule has 1 aromatic rings. The number of rotatable bonds is 2. The number of carbonyl (C=O) groups is 1. The van der Waals surface area contributed by atoms with Crippen LogP contribution in [0.5, 0.6) is 0 Å². The molecule has 0 saturated carbocycles. The summed E-state index contributed by atoms with van der Waals surface area (Å²) in [5.41, 5.74) is 6.99. The van der Waals surface area contributed by atoms with Crippen LogP contribution < -0.4 is 21.1 Å². The van der Waals surface area contributed by atoms with E-state index in [9.17, 15) is 9.18 Å². The Labute approximate surface area is 146 Å². The Morgan fingerprint density at radius 3 is 2.71 bits per heavy atom. The summed E-state index contributed by atoms with van der Waals surface area (Å²) >= 11 is 5.24. The number of thiocarbonyl (C=S) groups is 1. The first-order valence-electron chi connectivity index (χ1n) is 7.89. The summed E-state index contributed by atoms with van der Waals surface area (Å²) in [7, 11) is 0. The normalized spacial score (nSPS) is 26.3. The maximum atomic E-state index is 14.0. The Bertz CT molecular complexity index is 713. The number of hydrogen-bond acceptors (Lipinski definition) is 4. The number of hydrogen-bond donors (Lipinski definition) is 3. The van der Waals surface area contributed by atoms with E-state index >= 15 is 0 Å². The van der Waals surface area contributed by atoms with Crippen molar-refractivity contribution in [2.24, 2.45) is 11.3 Å². The van der Waals surface area contributed by atoms with Crippen LogP contribution in [0.1, 0.15) is 20.8 Å². The number of benzene rings is 1. The molecule has 2 atom stereocenters. The molecule has 24 heavy (non-hydrogen) atoms. The lowest BCUT2D eigenvalue weighted by Gasteiger charge is -2.30. The third kappa shape index (κ3) is 3.07. The Morgan fingerprint density at radius 1 is 1.33 bits per heavy atom. The summed E-state index contributed by atoms with van der Waals surface area (Å²) in [6.45, 7) is 7.14. The Balaban J connectivity index is 1.88. The minimum atomic E-state index is -0.479. The van der Waals surface area contributed by atoms with Crippen LogP contribution in [0.2, 0.25) is 0 Å². The van der Waals surface area contributed by atoms with E-state index in [1.54, 1.807) is 18.2 Å². The van der Waals surface area contributed by atoms with Gasteiger partial charge in [-0.25, -0.2) is 9.29 Å². The van der Waals surface area contributed by atoms with Gasteiger partial charge in [-0.15, -0.1) is 0 Å². The molecule has 7 heteroatoms. The van der Waals surface area contributed by atoms with Gasteiger partial charge in [0, 0.05) is 18.5 Å². The zero-order valence-electron chi connectivity index (χ0n) is 13.9. The van der Waals surface area contributed by atoms with Crippen LogP contribution in [-0.2, 0) is 4.79 Å². The molecule has 1 amide bonds. The van der Waals surface area contributed by atoms with Gasteiger partial charge in [-0.05, 0) is 35.8 Å². The molecule has 0 aromatic heterocycles. The summed E-state index contributed by atoms with van der Waals surface area (Å²) in [6, 6.07) is 6.29. The van der Waals surface area contributed by atoms with Gasteiger partial charge < -0.3 is 5.32 Å². The van der Waals surface area contributed by atoms with Crippen LogP contribution >= 0.6 is 12.2 Å². The maximum absolute atomic E-state index is 14.0. The molecule has 128 valence electrons. The van der Waals surface area contributed by atoms with Crippen molar-refractivity contribution in [2.45, 2.75) is 26.8 Å². The summed E-state index contributed by atoms with van der Waals surface area (Å²) in [5.74, 6) is -0.683. The molecule has 0 radical (unpaired) electrons. The van der Waals surface area contributed by atoms with Crippen LogP contribution in [-0.4, -0.2) is 23.6 Å².